The van der Waals surface area contributed by atoms with Crippen LogP contribution in [0.15, 0.2) is 24.3 Å². The summed E-state index contributed by atoms with van der Waals surface area (Å²) in [6.45, 7) is 3.00. The Labute approximate surface area is 195 Å². The van der Waals surface area contributed by atoms with Gasteiger partial charge in [-0.05, 0) is 51.0 Å². The number of carbonyl (C=O) groups is 4. The van der Waals surface area contributed by atoms with Crippen LogP contribution >= 0.6 is 11.6 Å². The van der Waals surface area contributed by atoms with E-state index in [1.54, 1.807) is 35.9 Å². The van der Waals surface area contributed by atoms with Crippen molar-refractivity contribution in [1.29, 1.82) is 0 Å². The van der Waals surface area contributed by atoms with E-state index >= 15 is 0 Å². The molecule has 1 aromatic heterocycles. The summed E-state index contributed by atoms with van der Waals surface area (Å²) in [5.41, 5.74) is 3.70. The number of urea groups is 1. The molecule has 0 atom stereocenters. The summed E-state index contributed by atoms with van der Waals surface area (Å²) in [4.78, 5) is 49.4. The van der Waals surface area contributed by atoms with Crippen molar-refractivity contribution in [3.05, 3.63) is 46.2 Å². The average Bonchev–Trinajstić information content (AvgIpc) is 3.20. The molecule has 2 heterocycles. The second kappa shape index (κ2) is 8.86. The van der Waals surface area contributed by atoms with Crippen LogP contribution in [0.4, 0.5) is 4.79 Å². The van der Waals surface area contributed by atoms with Crippen LogP contribution in [-0.2, 0) is 14.3 Å². The first-order chi connectivity index (χ1) is 15.7. The minimum atomic E-state index is -0.948. The fraction of sp³-hybridized carbons (Fsp3) is 0.409. The molecular formula is C22H24ClN5O5. The highest BCUT2D eigenvalue weighted by atomic mass is 35.5. The number of aryl methyl sites for hydroxylation is 1. The van der Waals surface area contributed by atoms with E-state index in [1.807, 2.05) is 6.92 Å². The summed E-state index contributed by atoms with van der Waals surface area (Å²) in [6, 6.07) is 5.78. The minimum absolute atomic E-state index is 0.232. The molecular weight excluding hydrogens is 450 g/mol. The number of rotatable bonds is 5. The standard InChI is InChI=1S/C22H24ClN5O5/c1-13-18(23)14(2)27(25-13)16-8-6-15(7-9-16)19(30)33-12-17(29)26-28-20(31)22(24-21(28)32)10-4-3-5-11-22/h6-9H,3-5,10-12H2,1-2H3,(H,24,32)(H,26,29). The van der Waals surface area contributed by atoms with Crippen molar-refractivity contribution in [2.75, 3.05) is 6.61 Å². The zero-order chi connectivity index (χ0) is 23.8. The maximum absolute atomic E-state index is 12.7. The van der Waals surface area contributed by atoms with Crippen LogP contribution in [-0.4, -0.2) is 50.7 Å². The first-order valence-electron chi connectivity index (χ1n) is 10.7. The molecule has 4 amide bonds. The SMILES string of the molecule is Cc1nn(-c2ccc(C(=O)OCC(=O)NN3C(=O)NC4(CCCCC4)C3=O)cc2)c(C)c1Cl. The van der Waals surface area contributed by atoms with Crippen molar-refractivity contribution in [3.63, 3.8) is 0 Å². The lowest BCUT2D eigenvalue weighted by atomic mass is 9.82. The van der Waals surface area contributed by atoms with Gasteiger partial charge >= 0.3 is 12.0 Å². The van der Waals surface area contributed by atoms with Gasteiger partial charge in [0.15, 0.2) is 6.61 Å². The van der Waals surface area contributed by atoms with E-state index in [-0.39, 0.29) is 5.56 Å². The Morgan fingerprint density at radius 2 is 1.82 bits per heavy atom. The summed E-state index contributed by atoms with van der Waals surface area (Å²) in [5, 5.41) is 8.30. The molecule has 2 aliphatic rings. The second-order valence-corrected chi connectivity index (χ2v) is 8.65. The van der Waals surface area contributed by atoms with Crippen molar-refractivity contribution in [3.8, 4) is 5.69 Å². The van der Waals surface area contributed by atoms with Gasteiger partial charge in [-0.1, -0.05) is 30.9 Å². The van der Waals surface area contributed by atoms with Crippen molar-refractivity contribution < 1.29 is 23.9 Å². The molecule has 0 bridgehead atoms. The van der Waals surface area contributed by atoms with E-state index in [2.05, 4.69) is 15.8 Å². The molecule has 0 radical (unpaired) electrons. The fourth-order valence-electron chi connectivity index (χ4n) is 4.20. The number of aromatic nitrogens is 2. The summed E-state index contributed by atoms with van der Waals surface area (Å²) in [6.07, 6.45) is 3.74. The average molecular weight is 474 g/mol. The third-order valence-corrected chi connectivity index (χ3v) is 6.54. The molecule has 1 aromatic carbocycles. The molecule has 33 heavy (non-hydrogen) atoms. The maximum atomic E-state index is 12.7. The molecule has 0 unspecified atom stereocenters. The zero-order valence-electron chi connectivity index (χ0n) is 18.3. The van der Waals surface area contributed by atoms with Gasteiger partial charge in [0.25, 0.3) is 11.8 Å². The lowest BCUT2D eigenvalue weighted by Crippen LogP contribution is -2.51. The van der Waals surface area contributed by atoms with Crippen LogP contribution in [0.2, 0.25) is 5.02 Å². The van der Waals surface area contributed by atoms with Gasteiger partial charge in [0.1, 0.15) is 5.54 Å². The van der Waals surface area contributed by atoms with Crippen molar-refractivity contribution in [2.45, 2.75) is 51.5 Å². The molecule has 1 aliphatic carbocycles. The minimum Gasteiger partial charge on any atom is -0.452 e. The summed E-state index contributed by atoms with van der Waals surface area (Å²) < 4.78 is 6.70. The van der Waals surface area contributed by atoms with Crippen molar-refractivity contribution >= 4 is 35.4 Å². The zero-order valence-corrected chi connectivity index (χ0v) is 19.1. The number of hydrogen-bond donors (Lipinski definition) is 2. The molecule has 1 saturated carbocycles. The van der Waals surface area contributed by atoms with Gasteiger partial charge in [-0.15, -0.1) is 0 Å². The van der Waals surface area contributed by atoms with Crippen LogP contribution in [0, 0.1) is 13.8 Å². The lowest BCUT2D eigenvalue weighted by molar-refractivity contribution is -0.140. The fourth-order valence-corrected chi connectivity index (χ4v) is 4.32. The van der Waals surface area contributed by atoms with E-state index in [9.17, 15) is 19.2 Å². The van der Waals surface area contributed by atoms with Gasteiger partial charge < -0.3 is 10.1 Å². The Kier molecular flexibility index (Phi) is 6.11. The quantitative estimate of drug-likeness (QED) is 0.508. The number of imide groups is 1. The predicted octanol–water partition coefficient (Wildman–Crippen LogP) is 2.59. The first-order valence-corrected chi connectivity index (χ1v) is 11.0. The second-order valence-electron chi connectivity index (χ2n) is 8.27. The van der Waals surface area contributed by atoms with E-state index in [1.165, 1.54) is 0 Å². The molecule has 10 nitrogen and oxygen atoms in total. The Morgan fingerprint density at radius 1 is 1.15 bits per heavy atom. The molecule has 4 rings (SSSR count). The molecule has 2 fully saturated rings. The molecule has 11 heteroatoms. The molecule has 1 aliphatic heterocycles. The monoisotopic (exact) mass is 473 g/mol. The number of halogens is 1. The number of hydrazine groups is 1. The summed E-state index contributed by atoms with van der Waals surface area (Å²) in [5.74, 6) is -1.98. The number of amides is 4. The number of benzene rings is 1. The van der Waals surface area contributed by atoms with E-state index in [0.717, 1.165) is 25.0 Å². The number of nitrogens with zero attached hydrogens (tertiary/aromatic N) is 3. The van der Waals surface area contributed by atoms with Crippen LogP contribution in [0.1, 0.15) is 53.8 Å². The maximum Gasteiger partial charge on any atom is 0.344 e. The van der Waals surface area contributed by atoms with Crippen molar-refractivity contribution in [2.24, 2.45) is 0 Å². The summed E-state index contributed by atoms with van der Waals surface area (Å²) >= 11 is 6.18. The van der Waals surface area contributed by atoms with Gasteiger partial charge in [-0.25, -0.2) is 14.3 Å². The third-order valence-electron chi connectivity index (χ3n) is 5.99. The third kappa shape index (κ3) is 4.30. The number of carbonyl (C=O) groups excluding carboxylic acids is 4. The van der Waals surface area contributed by atoms with Crippen LogP contribution in [0.5, 0.6) is 0 Å². The number of hydrogen-bond acceptors (Lipinski definition) is 6. The molecule has 2 N–H and O–H groups in total. The topological polar surface area (TPSA) is 123 Å². The van der Waals surface area contributed by atoms with E-state index < -0.39 is 36.0 Å². The number of esters is 1. The molecule has 2 aromatic rings. The molecule has 174 valence electrons. The largest absolute Gasteiger partial charge is 0.452 e. The Balaban J connectivity index is 1.33. The Hall–Kier alpha value is -3.40. The van der Waals surface area contributed by atoms with Crippen LogP contribution in [0.3, 0.4) is 0 Å². The van der Waals surface area contributed by atoms with E-state index in [4.69, 9.17) is 16.3 Å². The van der Waals surface area contributed by atoms with Gasteiger partial charge in [0, 0.05) is 0 Å². The number of ether oxygens (including phenoxy) is 1. The van der Waals surface area contributed by atoms with Gasteiger partial charge in [0.2, 0.25) is 0 Å². The normalized spacial score (nSPS) is 17.2. The van der Waals surface area contributed by atoms with Gasteiger partial charge in [-0.3, -0.25) is 15.0 Å². The predicted molar refractivity (Wildman–Crippen MR) is 118 cm³/mol. The Bertz CT molecular complexity index is 1120. The van der Waals surface area contributed by atoms with Crippen molar-refractivity contribution in [1.82, 2.24) is 25.5 Å². The molecule has 1 saturated heterocycles. The highest BCUT2D eigenvalue weighted by molar-refractivity contribution is 6.31. The first kappa shape index (κ1) is 22.8. The van der Waals surface area contributed by atoms with E-state index in [0.29, 0.717) is 34.3 Å². The number of nitrogens with one attached hydrogen (secondary N) is 2. The smallest absolute Gasteiger partial charge is 0.344 e. The van der Waals surface area contributed by atoms with Gasteiger partial charge in [0.05, 0.1) is 27.7 Å². The molecule has 1 spiro atoms. The Morgan fingerprint density at radius 3 is 2.42 bits per heavy atom. The van der Waals surface area contributed by atoms with Crippen LogP contribution in [0.25, 0.3) is 5.69 Å². The van der Waals surface area contributed by atoms with Gasteiger partial charge in [-0.2, -0.15) is 10.1 Å². The van der Waals surface area contributed by atoms with Crippen LogP contribution < -0.4 is 10.7 Å². The lowest BCUT2D eigenvalue weighted by Gasteiger charge is -2.30. The summed E-state index contributed by atoms with van der Waals surface area (Å²) in [7, 11) is 0. The highest BCUT2D eigenvalue weighted by Crippen LogP contribution is 2.33. The highest BCUT2D eigenvalue weighted by Gasteiger charge is 2.52.